The monoisotopic (exact) mass is 277 g/mol. The highest BCUT2D eigenvalue weighted by Gasteiger charge is 2.17. The standard InChI is InChI=1S/C14H23N5O/c1-3-4-6-15-13(20)12-5-7-16-14(17-12)19-10-8-18(2)9-11-19/h5,7H,3-4,6,8-11H2,1-2H3,(H,15,20). The maximum absolute atomic E-state index is 12.0. The Bertz CT molecular complexity index is 443. The van der Waals surface area contributed by atoms with Crippen LogP contribution >= 0.6 is 0 Å². The van der Waals surface area contributed by atoms with Crippen LogP contribution in [0.5, 0.6) is 0 Å². The zero-order valence-corrected chi connectivity index (χ0v) is 12.3. The molecule has 0 aliphatic carbocycles. The van der Waals surface area contributed by atoms with E-state index in [-0.39, 0.29) is 5.91 Å². The van der Waals surface area contributed by atoms with E-state index in [1.165, 1.54) is 0 Å². The fraction of sp³-hybridized carbons (Fsp3) is 0.643. The Kier molecular flexibility index (Phi) is 5.29. The van der Waals surface area contributed by atoms with Crippen molar-refractivity contribution in [3.8, 4) is 0 Å². The lowest BCUT2D eigenvalue weighted by Gasteiger charge is -2.32. The largest absolute Gasteiger partial charge is 0.351 e. The van der Waals surface area contributed by atoms with Crippen LogP contribution in [0.3, 0.4) is 0 Å². The molecular weight excluding hydrogens is 254 g/mol. The van der Waals surface area contributed by atoms with Crippen molar-refractivity contribution in [1.82, 2.24) is 20.2 Å². The quantitative estimate of drug-likeness (QED) is 0.805. The highest BCUT2D eigenvalue weighted by atomic mass is 16.1. The van der Waals surface area contributed by atoms with E-state index >= 15 is 0 Å². The van der Waals surface area contributed by atoms with Crippen LogP contribution in [0, 0.1) is 0 Å². The van der Waals surface area contributed by atoms with Gasteiger partial charge >= 0.3 is 0 Å². The number of hydrogen-bond donors (Lipinski definition) is 1. The van der Waals surface area contributed by atoms with Gasteiger partial charge in [0.2, 0.25) is 5.95 Å². The molecule has 0 aromatic carbocycles. The average Bonchev–Trinajstić information content (AvgIpc) is 2.48. The number of aromatic nitrogens is 2. The van der Waals surface area contributed by atoms with E-state index in [1.54, 1.807) is 12.3 Å². The second-order valence-corrected chi connectivity index (χ2v) is 5.14. The van der Waals surface area contributed by atoms with Gasteiger partial charge in [0.15, 0.2) is 0 Å². The second kappa shape index (κ2) is 7.19. The molecule has 0 saturated carbocycles. The molecule has 1 saturated heterocycles. The molecule has 110 valence electrons. The topological polar surface area (TPSA) is 61.4 Å². The number of anilines is 1. The lowest BCUT2D eigenvalue weighted by Crippen LogP contribution is -2.45. The van der Waals surface area contributed by atoms with Gasteiger partial charge in [0.25, 0.3) is 5.91 Å². The minimum absolute atomic E-state index is 0.115. The molecule has 0 bridgehead atoms. The Morgan fingerprint density at radius 3 is 2.80 bits per heavy atom. The van der Waals surface area contributed by atoms with E-state index in [4.69, 9.17) is 0 Å². The Morgan fingerprint density at radius 2 is 2.10 bits per heavy atom. The number of carbonyl (C=O) groups excluding carboxylic acids is 1. The molecule has 2 heterocycles. The van der Waals surface area contributed by atoms with Crippen molar-refractivity contribution in [1.29, 1.82) is 0 Å². The van der Waals surface area contributed by atoms with Gasteiger partial charge in [-0.15, -0.1) is 0 Å². The highest BCUT2D eigenvalue weighted by molar-refractivity contribution is 5.92. The summed E-state index contributed by atoms with van der Waals surface area (Å²) in [6, 6.07) is 1.67. The van der Waals surface area contributed by atoms with Gasteiger partial charge in [0, 0.05) is 38.9 Å². The summed E-state index contributed by atoms with van der Waals surface area (Å²) in [6.07, 6.45) is 3.72. The number of nitrogens with one attached hydrogen (secondary N) is 1. The lowest BCUT2D eigenvalue weighted by atomic mass is 10.3. The Hall–Kier alpha value is -1.69. The first-order chi connectivity index (χ1) is 9.70. The fourth-order valence-corrected chi connectivity index (χ4v) is 2.10. The van der Waals surface area contributed by atoms with Crippen molar-refractivity contribution < 1.29 is 4.79 Å². The smallest absolute Gasteiger partial charge is 0.270 e. The summed E-state index contributed by atoms with van der Waals surface area (Å²) in [4.78, 5) is 25.0. The maximum Gasteiger partial charge on any atom is 0.270 e. The Balaban J connectivity index is 1.98. The van der Waals surface area contributed by atoms with Gasteiger partial charge in [0.05, 0.1) is 0 Å². The number of nitrogens with zero attached hydrogens (tertiary/aromatic N) is 4. The molecule has 1 amide bonds. The molecule has 1 aliphatic heterocycles. The second-order valence-electron chi connectivity index (χ2n) is 5.14. The van der Waals surface area contributed by atoms with Gasteiger partial charge in [-0.2, -0.15) is 0 Å². The van der Waals surface area contributed by atoms with E-state index in [9.17, 15) is 4.79 Å². The Labute approximate surface area is 120 Å². The van der Waals surface area contributed by atoms with Crippen LogP contribution < -0.4 is 10.2 Å². The number of carbonyl (C=O) groups is 1. The van der Waals surface area contributed by atoms with Crippen LogP contribution in [-0.4, -0.2) is 60.5 Å². The van der Waals surface area contributed by atoms with Crippen molar-refractivity contribution in [2.75, 3.05) is 44.7 Å². The van der Waals surface area contributed by atoms with Crippen LogP contribution in [0.15, 0.2) is 12.3 Å². The summed E-state index contributed by atoms with van der Waals surface area (Å²) in [6.45, 7) is 6.59. The van der Waals surface area contributed by atoms with E-state index in [0.29, 0.717) is 18.2 Å². The molecule has 0 radical (unpaired) electrons. The first kappa shape index (κ1) is 14.7. The summed E-state index contributed by atoms with van der Waals surface area (Å²) in [7, 11) is 2.11. The molecule has 6 heteroatoms. The molecule has 0 spiro atoms. The molecule has 1 aromatic heterocycles. The maximum atomic E-state index is 12.0. The first-order valence-corrected chi connectivity index (χ1v) is 7.25. The van der Waals surface area contributed by atoms with Gasteiger partial charge in [0.1, 0.15) is 5.69 Å². The number of piperazine rings is 1. The molecule has 0 atom stereocenters. The van der Waals surface area contributed by atoms with Gasteiger partial charge in [-0.25, -0.2) is 9.97 Å². The van der Waals surface area contributed by atoms with Gasteiger partial charge in [-0.05, 0) is 19.5 Å². The van der Waals surface area contributed by atoms with Crippen LogP contribution in [0.4, 0.5) is 5.95 Å². The third kappa shape index (κ3) is 3.90. The van der Waals surface area contributed by atoms with Crippen molar-refractivity contribution in [3.05, 3.63) is 18.0 Å². The van der Waals surface area contributed by atoms with Gasteiger partial charge < -0.3 is 15.1 Å². The van der Waals surface area contributed by atoms with Crippen LogP contribution in [-0.2, 0) is 0 Å². The van der Waals surface area contributed by atoms with Crippen molar-refractivity contribution in [3.63, 3.8) is 0 Å². The first-order valence-electron chi connectivity index (χ1n) is 7.25. The summed E-state index contributed by atoms with van der Waals surface area (Å²) < 4.78 is 0. The number of likely N-dealkylation sites (N-methyl/N-ethyl adjacent to an activating group) is 1. The van der Waals surface area contributed by atoms with Crippen LogP contribution in [0.1, 0.15) is 30.3 Å². The van der Waals surface area contributed by atoms with E-state index in [2.05, 4.69) is 39.1 Å². The number of amides is 1. The SMILES string of the molecule is CCCCNC(=O)c1ccnc(N2CCN(C)CC2)n1. The minimum atomic E-state index is -0.115. The average molecular weight is 277 g/mol. The third-order valence-electron chi connectivity index (χ3n) is 3.48. The summed E-state index contributed by atoms with van der Waals surface area (Å²) in [5.74, 6) is 0.539. The van der Waals surface area contributed by atoms with Crippen LogP contribution in [0.2, 0.25) is 0 Å². The fourth-order valence-electron chi connectivity index (χ4n) is 2.10. The molecule has 1 aromatic rings. The van der Waals surface area contributed by atoms with Crippen molar-refractivity contribution in [2.24, 2.45) is 0 Å². The molecule has 2 rings (SSSR count). The molecule has 20 heavy (non-hydrogen) atoms. The Morgan fingerprint density at radius 1 is 1.35 bits per heavy atom. The summed E-state index contributed by atoms with van der Waals surface area (Å²) in [5, 5.41) is 2.88. The summed E-state index contributed by atoms with van der Waals surface area (Å²) >= 11 is 0. The van der Waals surface area contributed by atoms with E-state index in [0.717, 1.165) is 39.0 Å². The van der Waals surface area contributed by atoms with Gasteiger partial charge in [-0.3, -0.25) is 4.79 Å². The predicted octanol–water partition coefficient (Wildman–Crippen LogP) is 0.758. The molecule has 1 fully saturated rings. The molecule has 6 nitrogen and oxygen atoms in total. The third-order valence-corrected chi connectivity index (χ3v) is 3.48. The van der Waals surface area contributed by atoms with E-state index in [1.807, 2.05) is 0 Å². The summed E-state index contributed by atoms with van der Waals surface area (Å²) in [5.41, 5.74) is 0.449. The molecule has 1 N–H and O–H groups in total. The predicted molar refractivity (Wildman–Crippen MR) is 79.0 cm³/mol. The molecule has 1 aliphatic rings. The molecule has 0 unspecified atom stereocenters. The number of rotatable bonds is 5. The highest BCUT2D eigenvalue weighted by Crippen LogP contribution is 2.10. The number of hydrogen-bond acceptors (Lipinski definition) is 5. The van der Waals surface area contributed by atoms with Crippen molar-refractivity contribution >= 4 is 11.9 Å². The lowest BCUT2D eigenvalue weighted by molar-refractivity contribution is 0.0948. The zero-order valence-electron chi connectivity index (χ0n) is 12.3. The van der Waals surface area contributed by atoms with E-state index < -0.39 is 0 Å². The minimum Gasteiger partial charge on any atom is -0.351 e. The van der Waals surface area contributed by atoms with Gasteiger partial charge in [-0.1, -0.05) is 13.3 Å². The molecular formula is C14H23N5O. The zero-order chi connectivity index (χ0) is 14.4. The number of unbranched alkanes of at least 4 members (excludes halogenated alkanes) is 1. The normalized spacial score (nSPS) is 16.2. The van der Waals surface area contributed by atoms with Crippen molar-refractivity contribution in [2.45, 2.75) is 19.8 Å². The van der Waals surface area contributed by atoms with Crippen LogP contribution in [0.25, 0.3) is 0 Å².